The summed E-state index contributed by atoms with van der Waals surface area (Å²) >= 11 is 0. The summed E-state index contributed by atoms with van der Waals surface area (Å²) < 4.78 is 0. The lowest BCUT2D eigenvalue weighted by Crippen LogP contribution is -2.25. The molecule has 3 rings (SSSR count). The van der Waals surface area contributed by atoms with Gasteiger partial charge < -0.3 is 0 Å². The first-order valence-corrected chi connectivity index (χ1v) is 7.03. The van der Waals surface area contributed by atoms with E-state index in [2.05, 4.69) is 17.2 Å². The van der Waals surface area contributed by atoms with E-state index in [1.165, 1.54) is 0 Å². The number of carbonyl (C=O) groups excluding carboxylic acids is 4. The van der Waals surface area contributed by atoms with Gasteiger partial charge in [0.05, 0.1) is 5.57 Å². The molecule has 0 saturated heterocycles. The molecule has 0 aromatic heterocycles. The molecular weight excluding hydrogens is 296 g/mol. The van der Waals surface area contributed by atoms with Crippen molar-refractivity contribution in [2.24, 2.45) is 5.92 Å². The standard InChI is InChI=1S/C17H14N2O4/c1-7-6-10(12-8(2)14(20)18-16(12)22)4-5-11(7)13-9(3)15(21)19-17(13)23/h4-6,11H,1H2,2-3H3,(H,18,20,22)(H,19,21,23). The Hall–Kier alpha value is -3.02. The molecule has 6 heteroatoms. The van der Waals surface area contributed by atoms with Crippen LogP contribution in [0.25, 0.3) is 0 Å². The van der Waals surface area contributed by atoms with E-state index in [0.29, 0.717) is 33.4 Å². The van der Waals surface area contributed by atoms with Crippen LogP contribution < -0.4 is 10.6 Å². The van der Waals surface area contributed by atoms with Crippen molar-refractivity contribution in [3.63, 3.8) is 0 Å². The molecule has 23 heavy (non-hydrogen) atoms. The Morgan fingerprint density at radius 1 is 0.913 bits per heavy atom. The monoisotopic (exact) mass is 310 g/mol. The molecule has 2 heterocycles. The number of rotatable bonds is 2. The first kappa shape index (κ1) is 14.9. The summed E-state index contributed by atoms with van der Waals surface area (Å²) in [7, 11) is 0. The minimum absolute atomic E-state index is 0.309. The molecule has 6 nitrogen and oxygen atoms in total. The third-order valence-electron chi connectivity index (χ3n) is 4.19. The summed E-state index contributed by atoms with van der Waals surface area (Å²) in [6.45, 7) is 7.10. The molecule has 1 unspecified atom stereocenters. The summed E-state index contributed by atoms with van der Waals surface area (Å²) in [6.07, 6.45) is 5.05. The van der Waals surface area contributed by atoms with Crippen molar-refractivity contribution in [1.29, 1.82) is 0 Å². The van der Waals surface area contributed by atoms with Crippen LogP contribution in [-0.4, -0.2) is 23.6 Å². The largest absolute Gasteiger partial charge is 0.289 e. The molecule has 0 saturated carbocycles. The van der Waals surface area contributed by atoms with Gasteiger partial charge >= 0.3 is 0 Å². The van der Waals surface area contributed by atoms with Gasteiger partial charge in [0.2, 0.25) is 0 Å². The van der Waals surface area contributed by atoms with Gasteiger partial charge in [-0.1, -0.05) is 24.8 Å². The molecule has 0 fully saturated rings. The van der Waals surface area contributed by atoms with E-state index in [0.717, 1.165) is 0 Å². The van der Waals surface area contributed by atoms with E-state index >= 15 is 0 Å². The van der Waals surface area contributed by atoms with Gasteiger partial charge in [0.15, 0.2) is 0 Å². The van der Waals surface area contributed by atoms with Crippen molar-refractivity contribution in [2.75, 3.05) is 0 Å². The highest BCUT2D eigenvalue weighted by molar-refractivity contribution is 6.22. The number of hydrogen-bond acceptors (Lipinski definition) is 4. The fourth-order valence-electron chi connectivity index (χ4n) is 2.92. The lowest BCUT2D eigenvalue weighted by atomic mass is 9.83. The quantitative estimate of drug-likeness (QED) is 0.731. The predicted molar refractivity (Wildman–Crippen MR) is 81.6 cm³/mol. The fourth-order valence-corrected chi connectivity index (χ4v) is 2.92. The van der Waals surface area contributed by atoms with E-state index < -0.39 is 29.5 Å². The van der Waals surface area contributed by atoms with Gasteiger partial charge in [0, 0.05) is 22.6 Å². The van der Waals surface area contributed by atoms with Gasteiger partial charge in [-0.15, -0.1) is 0 Å². The van der Waals surface area contributed by atoms with Crippen LogP contribution in [0, 0.1) is 5.92 Å². The topological polar surface area (TPSA) is 92.3 Å². The molecule has 0 spiro atoms. The van der Waals surface area contributed by atoms with Crippen molar-refractivity contribution in [2.45, 2.75) is 13.8 Å². The number of amides is 4. The zero-order chi connectivity index (χ0) is 16.9. The predicted octanol–water partition coefficient (Wildman–Crippen LogP) is 0.601. The molecule has 2 N–H and O–H groups in total. The zero-order valence-corrected chi connectivity index (χ0v) is 12.6. The van der Waals surface area contributed by atoms with Crippen molar-refractivity contribution < 1.29 is 19.2 Å². The van der Waals surface area contributed by atoms with Crippen LogP contribution >= 0.6 is 0 Å². The van der Waals surface area contributed by atoms with Crippen LogP contribution in [-0.2, 0) is 19.2 Å². The van der Waals surface area contributed by atoms with E-state index in [1.807, 2.05) is 0 Å². The maximum atomic E-state index is 11.9. The smallest absolute Gasteiger partial charge is 0.259 e. The van der Waals surface area contributed by atoms with Crippen molar-refractivity contribution in [3.05, 3.63) is 58.2 Å². The highest BCUT2D eigenvalue weighted by Gasteiger charge is 2.35. The van der Waals surface area contributed by atoms with E-state index in [1.54, 1.807) is 32.1 Å². The first-order chi connectivity index (χ1) is 10.8. The van der Waals surface area contributed by atoms with Gasteiger partial charge in [0.1, 0.15) is 0 Å². The Balaban J connectivity index is 1.97. The maximum absolute atomic E-state index is 11.9. The van der Waals surface area contributed by atoms with Crippen LogP contribution in [0.15, 0.2) is 58.2 Å². The van der Waals surface area contributed by atoms with Gasteiger partial charge in [-0.2, -0.15) is 0 Å². The van der Waals surface area contributed by atoms with Crippen molar-refractivity contribution in [3.8, 4) is 0 Å². The summed E-state index contributed by atoms with van der Waals surface area (Å²) in [4.78, 5) is 46.9. The molecule has 2 aliphatic heterocycles. The molecule has 1 atom stereocenters. The van der Waals surface area contributed by atoms with Crippen LogP contribution in [0.5, 0.6) is 0 Å². The molecule has 0 radical (unpaired) electrons. The third-order valence-corrected chi connectivity index (χ3v) is 4.19. The molecule has 3 aliphatic rings. The number of imide groups is 2. The molecule has 0 bridgehead atoms. The highest BCUT2D eigenvalue weighted by atomic mass is 16.2. The number of carbonyl (C=O) groups is 4. The van der Waals surface area contributed by atoms with Crippen LogP contribution in [0.4, 0.5) is 0 Å². The van der Waals surface area contributed by atoms with E-state index in [-0.39, 0.29) is 0 Å². The average molecular weight is 310 g/mol. The Labute approximate surface area is 132 Å². The SMILES string of the molecule is C=C1C=C(C2=C(C)C(=O)NC2=O)C=CC1C1=C(C)C(=O)NC1=O. The summed E-state index contributed by atoms with van der Waals surface area (Å²) in [5.74, 6) is -2.11. The minimum Gasteiger partial charge on any atom is -0.289 e. The van der Waals surface area contributed by atoms with E-state index in [9.17, 15) is 19.2 Å². The Kier molecular flexibility index (Phi) is 3.25. The van der Waals surface area contributed by atoms with Crippen LogP contribution in [0.2, 0.25) is 0 Å². The second kappa shape index (κ2) is 5.01. The highest BCUT2D eigenvalue weighted by Crippen LogP contribution is 2.34. The summed E-state index contributed by atoms with van der Waals surface area (Å²) in [5.41, 5.74) is 2.53. The second-order valence-electron chi connectivity index (χ2n) is 5.62. The molecular formula is C17H14N2O4. The number of hydrogen-bond donors (Lipinski definition) is 2. The third kappa shape index (κ3) is 2.19. The van der Waals surface area contributed by atoms with E-state index in [4.69, 9.17) is 0 Å². The molecule has 0 aromatic carbocycles. The van der Waals surface area contributed by atoms with Crippen LogP contribution in [0.3, 0.4) is 0 Å². The van der Waals surface area contributed by atoms with Gasteiger partial charge in [0.25, 0.3) is 23.6 Å². The Morgan fingerprint density at radius 2 is 1.52 bits per heavy atom. The molecule has 1 aliphatic carbocycles. The fraction of sp³-hybridized carbons (Fsp3) is 0.176. The average Bonchev–Trinajstić information content (AvgIpc) is 2.87. The maximum Gasteiger partial charge on any atom is 0.259 e. The minimum atomic E-state index is -0.446. The number of nitrogens with one attached hydrogen (secondary N) is 2. The Bertz CT molecular complexity index is 837. The lowest BCUT2D eigenvalue weighted by Gasteiger charge is -2.19. The lowest BCUT2D eigenvalue weighted by molar-refractivity contribution is -0.125. The summed E-state index contributed by atoms with van der Waals surface area (Å²) in [5, 5.41) is 4.50. The second-order valence-corrected chi connectivity index (χ2v) is 5.62. The molecule has 116 valence electrons. The van der Waals surface area contributed by atoms with Crippen LogP contribution in [0.1, 0.15) is 13.8 Å². The normalized spacial score (nSPS) is 24.5. The molecule has 0 aromatic rings. The summed E-state index contributed by atoms with van der Waals surface area (Å²) in [6, 6.07) is 0. The molecule has 4 amide bonds. The van der Waals surface area contributed by atoms with Crippen molar-refractivity contribution in [1.82, 2.24) is 10.6 Å². The van der Waals surface area contributed by atoms with Gasteiger partial charge in [-0.05, 0) is 25.0 Å². The van der Waals surface area contributed by atoms with Gasteiger partial charge in [-0.25, -0.2) is 0 Å². The first-order valence-electron chi connectivity index (χ1n) is 7.03. The Morgan fingerprint density at radius 3 is 2.00 bits per heavy atom. The number of allylic oxidation sites excluding steroid dienone is 4. The zero-order valence-electron chi connectivity index (χ0n) is 12.6. The van der Waals surface area contributed by atoms with Crippen molar-refractivity contribution >= 4 is 23.6 Å². The van der Waals surface area contributed by atoms with Gasteiger partial charge in [-0.3, -0.25) is 29.8 Å².